The van der Waals surface area contributed by atoms with Gasteiger partial charge in [-0.2, -0.15) is 0 Å². The molecule has 1 saturated heterocycles. The van der Waals surface area contributed by atoms with Crippen LogP contribution in [0.2, 0.25) is 0 Å². The number of carboxylic acids is 1. The zero-order valence-electron chi connectivity index (χ0n) is 10.5. The number of likely N-dealkylation sites (tertiary alicyclic amines) is 1. The molecular weight excluding hydrogens is 272 g/mol. The van der Waals surface area contributed by atoms with Crippen LogP contribution in [0.1, 0.15) is 23.4 Å². The fourth-order valence-electron chi connectivity index (χ4n) is 2.12. The third-order valence-electron chi connectivity index (χ3n) is 3.00. The van der Waals surface area contributed by atoms with Crippen LogP contribution in [0, 0.1) is 0 Å². The first-order valence-electron chi connectivity index (χ1n) is 5.92. The highest BCUT2D eigenvalue weighted by Crippen LogP contribution is 2.16. The first kappa shape index (κ1) is 14.0. The molecule has 2 N–H and O–H groups in total. The molecule has 0 radical (unpaired) electrons. The summed E-state index contributed by atoms with van der Waals surface area (Å²) in [7, 11) is -1.88. The van der Waals surface area contributed by atoms with E-state index in [1.165, 1.54) is 0 Å². The number of hydrogen-bond donors (Lipinski definition) is 2. The van der Waals surface area contributed by atoms with Gasteiger partial charge in [-0.25, -0.2) is 17.9 Å². The molecule has 0 spiro atoms. The molecule has 1 atom stereocenters. The summed E-state index contributed by atoms with van der Waals surface area (Å²) in [5.41, 5.74) is 0. The van der Waals surface area contributed by atoms with Crippen molar-refractivity contribution in [2.45, 2.75) is 24.0 Å². The Morgan fingerprint density at radius 2 is 2.26 bits per heavy atom. The highest BCUT2D eigenvalue weighted by Gasteiger charge is 2.26. The van der Waals surface area contributed by atoms with Crippen LogP contribution in [0.5, 0.6) is 0 Å². The van der Waals surface area contributed by atoms with E-state index < -0.39 is 16.0 Å². The van der Waals surface area contributed by atoms with Crippen molar-refractivity contribution in [3.05, 3.63) is 17.9 Å². The van der Waals surface area contributed by atoms with Crippen LogP contribution in [-0.2, 0) is 10.0 Å². The topological polar surface area (TPSA) is 99.9 Å². The number of carboxylic acid groups (broad SMARTS) is 1. The highest BCUT2D eigenvalue weighted by atomic mass is 32.2. The Balaban J connectivity index is 2.10. The molecule has 1 fully saturated rings. The third kappa shape index (κ3) is 3.34. The number of furan rings is 1. The minimum atomic E-state index is -3.80. The molecule has 7 nitrogen and oxygen atoms in total. The average molecular weight is 288 g/mol. The summed E-state index contributed by atoms with van der Waals surface area (Å²) in [6, 6.07) is 2.10. The van der Waals surface area contributed by atoms with Crippen molar-refractivity contribution >= 4 is 16.0 Å². The second-order valence-electron chi connectivity index (χ2n) is 4.65. The molecule has 8 heteroatoms. The number of nitrogens with one attached hydrogen (secondary N) is 1. The molecule has 0 aliphatic carbocycles. The van der Waals surface area contributed by atoms with Crippen molar-refractivity contribution in [3.63, 3.8) is 0 Å². The second kappa shape index (κ2) is 5.32. The lowest BCUT2D eigenvalue weighted by Crippen LogP contribution is -2.46. The zero-order chi connectivity index (χ0) is 14.0. The predicted molar refractivity (Wildman–Crippen MR) is 66.5 cm³/mol. The molecule has 1 aromatic heterocycles. The van der Waals surface area contributed by atoms with E-state index in [0.717, 1.165) is 31.5 Å². The molecule has 0 bridgehead atoms. The van der Waals surface area contributed by atoms with Gasteiger partial charge in [-0.05, 0) is 38.6 Å². The number of likely N-dealkylation sites (N-methyl/N-ethyl adjacent to an activating group) is 1. The third-order valence-corrected chi connectivity index (χ3v) is 4.40. The largest absolute Gasteiger partial charge is 0.475 e. The molecule has 1 unspecified atom stereocenters. The van der Waals surface area contributed by atoms with E-state index in [9.17, 15) is 13.2 Å². The number of nitrogens with zero attached hydrogens (tertiary/aromatic N) is 1. The lowest BCUT2D eigenvalue weighted by atomic mass is 10.1. The molecule has 19 heavy (non-hydrogen) atoms. The maximum absolute atomic E-state index is 12.0. The number of piperidine rings is 1. The first-order valence-corrected chi connectivity index (χ1v) is 7.41. The molecule has 1 aromatic rings. The van der Waals surface area contributed by atoms with Crippen LogP contribution in [0.15, 0.2) is 21.6 Å². The molecular formula is C11H16N2O5S. The van der Waals surface area contributed by atoms with E-state index >= 15 is 0 Å². The van der Waals surface area contributed by atoms with Gasteiger partial charge in [-0.3, -0.25) is 0 Å². The maximum Gasteiger partial charge on any atom is 0.371 e. The summed E-state index contributed by atoms with van der Waals surface area (Å²) >= 11 is 0. The van der Waals surface area contributed by atoms with Gasteiger partial charge in [0.1, 0.15) is 0 Å². The standard InChI is InChI=1S/C11H16N2O5S/c1-13-6-2-3-8(7-13)12-19(16,17)10-5-4-9(18-10)11(14)15/h4-5,8,12H,2-3,6-7H2,1H3,(H,14,15). The van der Waals surface area contributed by atoms with E-state index in [1.54, 1.807) is 0 Å². The van der Waals surface area contributed by atoms with Crippen LogP contribution in [-0.4, -0.2) is 50.6 Å². The molecule has 0 amide bonds. The molecule has 2 rings (SSSR count). The molecule has 2 heterocycles. The molecule has 1 aliphatic rings. The smallest absolute Gasteiger partial charge is 0.371 e. The maximum atomic E-state index is 12.0. The molecule has 0 saturated carbocycles. The Morgan fingerprint density at radius 1 is 1.53 bits per heavy atom. The summed E-state index contributed by atoms with van der Waals surface area (Å²) < 4.78 is 31.4. The Hall–Kier alpha value is -1.38. The summed E-state index contributed by atoms with van der Waals surface area (Å²) in [6.07, 6.45) is 1.68. The van der Waals surface area contributed by atoms with E-state index in [2.05, 4.69) is 4.72 Å². The van der Waals surface area contributed by atoms with Gasteiger partial charge >= 0.3 is 5.97 Å². The van der Waals surface area contributed by atoms with Gasteiger partial charge in [0.05, 0.1) is 0 Å². The Bertz CT molecular complexity index is 565. The minimum absolute atomic E-state index is 0.179. The summed E-state index contributed by atoms with van der Waals surface area (Å²) in [4.78, 5) is 12.7. The number of carbonyl (C=O) groups is 1. The number of hydrogen-bond acceptors (Lipinski definition) is 5. The molecule has 1 aliphatic heterocycles. The normalized spacial score (nSPS) is 21.4. The summed E-state index contributed by atoms with van der Waals surface area (Å²) in [5.74, 6) is -1.68. The Kier molecular flexibility index (Phi) is 3.93. The van der Waals surface area contributed by atoms with Crippen molar-refractivity contribution in [1.29, 1.82) is 0 Å². The zero-order valence-corrected chi connectivity index (χ0v) is 11.3. The monoisotopic (exact) mass is 288 g/mol. The van der Waals surface area contributed by atoms with Crippen molar-refractivity contribution < 1.29 is 22.7 Å². The molecule has 0 aromatic carbocycles. The summed E-state index contributed by atoms with van der Waals surface area (Å²) in [6.45, 7) is 1.58. The average Bonchev–Trinajstić information content (AvgIpc) is 2.78. The van der Waals surface area contributed by atoms with Crippen molar-refractivity contribution in [1.82, 2.24) is 9.62 Å². The quantitative estimate of drug-likeness (QED) is 0.829. The van der Waals surface area contributed by atoms with Crippen LogP contribution in [0.4, 0.5) is 0 Å². The van der Waals surface area contributed by atoms with Crippen LogP contribution >= 0.6 is 0 Å². The van der Waals surface area contributed by atoms with E-state index in [-0.39, 0.29) is 16.9 Å². The van der Waals surface area contributed by atoms with Gasteiger partial charge < -0.3 is 14.4 Å². The van der Waals surface area contributed by atoms with Crippen LogP contribution in [0.25, 0.3) is 0 Å². The van der Waals surface area contributed by atoms with Crippen LogP contribution in [0.3, 0.4) is 0 Å². The number of rotatable bonds is 4. The van der Waals surface area contributed by atoms with Gasteiger partial charge in [0.25, 0.3) is 10.0 Å². The van der Waals surface area contributed by atoms with E-state index in [4.69, 9.17) is 9.52 Å². The Morgan fingerprint density at radius 3 is 2.84 bits per heavy atom. The lowest BCUT2D eigenvalue weighted by Gasteiger charge is -2.29. The fourth-order valence-corrected chi connectivity index (χ4v) is 3.31. The minimum Gasteiger partial charge on any atom is -0.475 e. The van der Waals surface area contributed by atoms with E-state index in [0.29, 0.717) is 6.54 Å². The predicted octanol–water partition coefficient (Wildman–Crippen LogP) is 0.350. The van der Waals surface area contributed by atoms with Crippen molar-refractivity contribution in [3.8, 4) is 0 Å². The Labute approximate surface area is 111 Å². The van der Waals surface area contributed by atoms with Gasteiger partial charge in [0.15, 0.2) is 0 Å². The lowest BCUT2D eigenvalue weighted by molar-refractivity contribution is 0.0656. The van der Waals surface area contributed by atoms with Crippen molar-refractivity contribution in [2.24, 2.45) is 0 Å². The van der Waals surface area contributed by atoms with Gasteiger partial charge in [-0.1, -0.05) is 0 Å². The second-order valence-corrected chi connectivity index (χ2v) is 6.29. The van der Waals surface area contributed by atoms with E-state index in [1.807, 2.05) is 11.9 Å². The number of sulfonamides is 1. The number of aromatic carboxylic acids is 1. The van der Waals surface area contributed by atoms with Crippen LogP contribution < -0.4 is 4.72 Å². The summed E-state index contributed by atoms with van der Waals surface area (Å²) in [5, 5.41) is 8.34. The fraction of sp³-hybridized carbons (Fsp3) is 0.545. The SMILES string of the molecule is CN1CCCC(NS(=O)(=O)c2ccc(C(=O)O)o2)C1. The molecule has 106 valence electrons. The van der Waals surface area contributed by atoms with Gasteiger partial charge in [-0.15, -0.1) is 0 Å². The van der Waals surface area contributed by atoms with Gasteiger partial charge in [0.2, 0.25) is 10.9 Å². The van der Waals surface area contributed by atoms with Crippen molar-refractivity contribution in [2.75, 3.05) is 20.1 Å². The highest BCUT2D eigenvalue weighted by molar-refractivity contribution is 7.89. The first-order chi connectivity index (χ1) is 8.88. The van der Waals surface area contributed by atoms with Gasteiger partial charge in [0, 0.05) is 12.6 Å².